The first-order chi connectivity index (χ1) is 7.83. The quantitative estimate of drug-likeness (QED) is 0.846. The van der Waals surface area contributed by atoms with E-state index in [1.807, 2.05) is 6.20 Å². The van der Waals surface area contributed by atoms with Crippen LogP contribution in [0.5, 0.6) is 0 Å². The maximum absolute atomic E-state index is 5.46. The van der Waals surface area contributed by atoms with Crippen LogP contribution in [0.25, 0.3) is 0 Å². The van der Waals surface area contributed by atoms with Gasteiger partial charge in [-0.15, -0.1) is 0 Å². The maximum atomic E-state index is 5.46. The Balaban J connectivity index is 1.70. The normalized spacial score (nSPS) is 30.2. The molecule has 0 saturated carbocycles. The summed E-state index contributed by atoms with van der Waals surface area (Å²) in [5, 5.41) is 5.89. The van der Waals surface area contributed by atoms with Gasteiger partial charge in [-0.1, -0.05) is 11.3 Å². The average molecular weight is 239 g/mol. The van der Waals surface area contributed by atoms with E-state index in [9.17, 15) is 0 Å². The minimum atomic E-state index is 0.277. The van der Waals surface area contributed by atoms with Gasteiger partial charge in [-0.2, -0.15) is 0 Å². The van der Waals surface area contributed by atoms with Gasteiger partial charge < -0.3 is 15.0 Å². The van der Waals surface area contributed by atoms with E-state index in [4.69, 9.17) is 4.74 Å². The fourth-order valence-corrected chi connectivity index (χ4v) is 3.17. The van der Waals surface area contributed by atoms with Gasteiger partial charge in [0.05, 0.1) is 12.8 Å². The van der Waals surface area contributed by atoms with E-state index in [1.54, 1.807) is 11.3 Å². The Labute approximate surface area is 99.6 Å². The number of nitrogens with zero attached hydrogens (tertiary/aromatic N) is 2. The summed E-state index contributed by atoms with van der Waals surface area (Å²) in [5.41, 5.74) is 0. The molecule has 4 nitrogen and oxygen atoms in total. The zero-order valence-corrected chi connectivity index (χ0v) is 10.3. The molecule has 1 unspecified atom stereocenters. The third-order valence-corrected chi connectivity index (χ3v) is 4.32. The van der Waals surface area contributed by atoms with Crippen LogP contribution < -0.4 is 10.2 Å². The van der Waals surface area contributed by atoms with Crippen molar-refractivity contribution in [3.8, 4) is 0 Å². The van der Waals surface area contributed by atoms with Crippen LogP contribution in [0.3, 0.4) is 0 Å². The fraction of sp³-hybridized carbons (Fsp3) is 0.727. The Morgan fingerprint density at radius 2 is 2.50 bits per heavy atom. The zero-order valence-electron chi connectivity index (χ0n) is 9.48. The van der Waals surface area contributed by atoms with Crippen LogP contribution in [-0.2, 0) is 4.74 Å². The lowest BCUT2D eigenvalue weighted by atomic mass is 10.2. The van der Waals surface area contributed by atoms with Gasteiger partial charge in [0, 0.05) is 32.1 Å². The second-order valence-corrected chi connectivity index (χ2v) is 5.53. The standard InChI is InChI=1S/C11H17N3OS/c1-8-7-14(4-3-12-8)10-6-13-11(16-10)9-2-5-15-9/h6,8-9,12H,2-5,7H2,1H3/t8-,9?/m1/s1. The highest BCUT2D eigenvalue weighted by atomic mass is 32.1. The van der Waals surface area contributed by atoms with Crippen molar-refractivity contribution in [1.82, 2.24) is 10.3 Å². The molecule has 2 aliphatic rings. The van der Waals surface area contributed by atoms with E-state index in [2.05, 4.69) is 22.1 Å². The number of piperazine rings is 1. The highest BCUT2D eigenvalue weighted by molar-refractivity contribution is 7.15. The van der Waals surface area contributed by atoms with Crippen LogP contribution >= 0.6 is 11.3 Å². The maximum Gasteiger partial charge on any atom is 0.124 e. The van der Waals surface area contributed by atoms with E-state index in [0.29, 0.717) is 6.04 Å². The summed E-state index contributed by atoms with van der Waals surface area (Å²) >= 11 is 1.79. The molecule has 1 aromatic heterocycles. The van der Waals surface area contributed by atoms with Crippen molar-refractivity contribution >= 4 is 16.3 Å². The first-order valence-electron chi connectivity index (χ1n) is 5.88. The lowest BCUT2D eigenvalue weighted by molar-refractivity contribution is -0.0527. The molecule has 0 bridgehead atoms. The molecule has 0 amide bonds. The minimum absolute atomic E-state index is 0.277. The van der Waals surface area contributed by atoms with E-state index >= 15 is 0 Å². The monoisotopic (exact) mass is 239 g/mol. The highest BCUT2D eigenvalue weighted by Crippen LogP contribution is 2.35. The van der Waals surface area contributed by atoms with Crippen molar-refractivity contribution in [3.63, 3.8) is 0 Å². The number of anilines is 1. The molecule has 2 fully saturated rings. The number of ether oxygens (including phenoxy) is 1. The molecule has 2 aliphatic heterocycles. The predicted octanol–water partition coefficient (Wildman–Crippen LogP) is 1.40. The summed E-state index contributed by atoms with van der Waals surface area (Å²) in [6, 6.07) is 0.569. The summed E-state index contributed by atoms with van der Waals surface area (Å²) in [7, 11) is 0. The second kappa shape index (κ2) is 4.31. The summed E-state index contributed by atoms with van der Waals surface area (Å²) in [6.45, 7) is 6.34. The van der Waals surface area contributed by atoms with Crippen molar-refractivity contribution in [2.75, 3.05) is 31.1 Å². The fourth-order valence-electron chi connectivity index (χ4n) is 2.14. The molecule has 2 saturated heterocycles. The SMILES string of the molecule is C[C@@H]1CN(c2cnc(C3CCO3)s2)CCN1. The summed E-state index contributed by atoms with van der Waals surface area (Å²) in [5.74, 6) is 0. The topological polar surface area (TPSA) is 37.4 Å². The van der Waals surface area contributed by atoms with E-state index in [0.717, 1.165) is 37.7 Å². The van der Waals surface area contributed by atoms with Gasteiger partial charge in [-0.25, -0.2) is 4.98 Å². The molecule has 0 spiro atoms. The molecule has 1 N–H and O–H groups in total. The Morgan fingerprint density at radius 1 is 1.62 bits per heavy atom. The number of hydrogen-bond donors (Lipinski definition) is 1. The van der Waals surface area contributed by atoms with Crippen molar-refractivity contribution in [2.24, 2.45) is 0 Å². The lowest BCUT2D eigenvalue weighted by Crippen LogP contribution is -2.49. The third kappa shape index (κ3) is 1.95. The van der Waals surface area contributed by atoms with Crippen molar-refractivity contribution in [1.29, 1.82) is 0 Å². The average Bonchev–Trinajstić information content (AvgIpc) is 2.64. The van der Waals surface area contributed by atoms with Gasteiger partial charge >= 0.3 is 0 Å². The Kier molecular flexibility index (Phi) is 2.83. The molecule has 0 aromatic carbocycles. The Morgan fingerprint density at radius 3 is 3.19 bits per heavy atom. The molecule has 0 radical (unpaired) electrons. The van der Waals surface area contributed by atoms with Crippen LogP contribution in [0.2, 0.25) is 0 Å². The van der Waals surface area contributed by atoms with Gasteiger partial charge in [0.1, 0.15) is 16.1 Å². The first kappa shape index (κ1) is 10.5. The Bertz CT molecular complexity index is 364. The molecular formula is C11H17N3OS. The number of aromatic nitrogens is 1. The van der Waals surface area contributed by atoms with E-state index < -0.39 is 0 Å². The van der Waals surface area contributed by atoms with Gasteiger partial charge in [0.15, 0.2) is 0 Å². The van der Waals surface area contributed by atoms with Crippen LogP contribution in [0.15, 0.2) is 6.20 Å². The van der Waals surface area contributed by atoms with Crippen LogP contribution in [0, 0.1) is 0 Å². The van der Waals surface area contributed by atoms with Crippen LogP contribution in [0.4, 0.5) is 5.00 Å². The molecule has 16 heavy (non-hydrogen) atoms. The molecule has 3 rings (SSSR count). The molecule has 0 aliphatic carbocycles. The van der Waals surface area contributed by atoms with Crippen LogP contribution in [-0.4, -0.2) is 37.3 Å². The zero-order chi connectivity index (χ0) is 11.0. The second-order valence-electron chi connectivity index (χ2n) is 4.49. The molecule has 1 aromatic rings. The Hall–Kier alpha value is -0.650. The molecule has 3 heterocycles. The predicted molar refractivity (Wildman–Crippen MR) is 65.1 cm³/mol. The van der Waals surface area contributed by atoms with Crippen LogP contribution in [0.1, 0.15) is 24.5 Å². The lowest BCUT2D eigenvalue weighted by Gasteiger charge is -2.32. The summed E-state index contributed by atoms with van der Waals surface area (Å²) < 4.78 is 5.46. The van der Waals surface area contributed by atoms with Gasteiger partial charge in [0.25, 0.3) is 0 Å². The number of rotatable bonds is 2. The van der Waals surface area contributed by atoms with Crippen molar-refractivity contribution in [2.45, 2.75) is 25.5 Å². The number of hydrogen-bond acceptors (Lipinski definition) is 5. The third-order valence-electron chi connectivity index (χ3n) is 3.17. The molecule has 88 valence electrons. The minimum Gasteiger partial charge on any atom is -0.371 e. The van der Waals surface area contributed by atoms with E-state index in [-0.39, 0.29) is 6.10 Å². The van der Waals surface area contributed by atoms with Crippen molar-refractivity contribution < 1.29 is 4.74 Å². The first-order valence-corrected chi connectivity index (χ1v) is 6.70. The smallest absolute Gasteiger partial charge is 0.124 e. The largest absolute Gasteiger partial charge is 0.371 e. The van der Waals surface area contributed by atoms with Crippen molar-refractivity contribution in [3.05, 3.63) is 11.2 Å². The number of thiazole rings is 1. The summed E-state index contributed by atoms with van der Waals surface area (Å²) in [6.07, 6.45) is 3.41. The van der Waals surface area contributed by atoms with Gasteiger partial charge in [-0.3, -0.25) is 0 Å². The van der Waals surface area contributed by atoms with Gasteiger partial charge in [0.2, 0.25) is 0 Å². The van der Waals surface area contributed by atoms with Gasteiger partial charge in [-0.05, 0) is 6.92 Å². The molecule has 5 heteroatoms. The molecule has 2 atom stereocenters. The number of nitrogens with one attached hydrogen (secondary N) is 1. The molecular weight excluding hydrogens is 222 g/mol. The highest BCUT2D eigenvalue weighted by Gasteiger charge is 2.25. The summed E-state index contributed by atoms with van der Waals surface area (Å²) in [4.78, 5) is 6.89. The van der Waals surface area contributed by atoms with E-state index in [1.165, 1.54) is 5.00 Å².